The van der Waals surface area contributed by atoms with Crippen LogP contribution in [0.5, 0.6) is 5.75 Å². The molecule has 0 heterocycles. The largest absolute Gasteiger partial charge is 0.489 e. The molecule has 0 aliphatic heterocycles. The zero-order chi connectivity index (χ0) is 14.5. The van der Waals surface area contributed by atoms with Crippen molar-refractivity contribution in [3.05, 3.63) is 58.9 Å². The Labute approximate surface area is 117 Å². The lowest BCUT2D eigenvalue weighted by molar-refractivity contribution is -0.105. The Kier molecular flexibility index (Phi) is 4.35. The molecule has 0 fully saturated rings. The summed E-state index contributed by atoms with van der Waals surface area (Å²) < 4.78 is 18.5. The number of amides is 1. The summed E-state index contributed by atoms with van der Waals surface area (Å²) in [6.45, 7) is 4.19. The van der Waals surface area contributed by atoms with E-state index in [0.29, 0.717) is 13.0 Å². The predicted octanol–water partition coefficient (Wildman–Crippen LogP) is 3.59. The normalized spacial score (nSPS) is 10.2. The Hall–Kier alpha value is -2.36. The minimum absolute atomic E-state index is 0.260. The van der Waals surface area contributed by atoms with Crippen molar-refractivity contribution in [2.45, 2.75) is 20.5 Å². The van der Waals surface area contributed by atoms with Crippen LogP contribution in [-0.2, 0) is 11.4 Å². The van der Waals surface area contributed by atoms with Gasteiger partial charge in [0.1, 0.15) is 18.2 Å². The van der Waals surface area contributed by atoms with Crippen LogP contribution in [0.15, 0.2) is 36.4 Å². The van der Waals surface area contributed by atoms with Crippen molar-refractivity contribution in [2.75, 3.05) is 5.32 Å². The smallest absolute Gasteiger partial charge is 0.211 e. The first kappa shape index (κ1) is 14.1. The average Bonchev–Trinajstić information content (AvgIpc) is 2.42. The maximum absolute atomic E-state index is 12.8. The number of anilines is 1. The summed E-state index contributed by atoms with van der Waals surface area (Å²) in [5.74, 6) is 0.463. The number of aryl methyl sites for hydroxylation is 2. The van der Waals surface area contributed by atoms with Gasteiger partial charge in [-0.15, -0.1) is 0 Å². The highest BCUT2D eigenvalue weighted by Crippen LogP contribution is 2.26. The highest BCUT2D eigenvalue weighted by Gasteiger charge is 2.05. The monoisotopic (exact) mass is 273 g/mol. The van der Waals surface area contributed by atoms with Gasteiger partial charge in [-0.2, -0.15) is 0 Å². The van der Waals surface area contributed by atoms with Crippen molar-refractivity contribution >= 4 is 12.1 Å². The molecule has 0 bridgehead atoms. The van der Waals surface area contributed by atoms with E-state index < -0.39 is 0 Å². The third-order valence-corrected chi connectivity index (χ3v) is 3.03. The second-order valence-electron chi connectivity index (χ2n) is 4.61. The van der Waals surface area contributed by atoms with Gasteiger partial charge in [0.15, 0.2) is 0 Å². The molecule has 0 aliphatic carbocycles. The molecule has 3 nitrogen and oxygen atoms in total. The van der Waals surface area contributed by atoms with Crippen LogP contribution in [0, 0.1) is 19.7 Å². The number of halogens is 1. The van der Waals surface area contributed by atoms with Crippen LogP contribution in [0.25, 0.3) is 0 Å². The molecular weight excluding hydrogens is 257 g/mol. The summed E-state index contributed by atoms with van der Waals surface area (Å²) in [6, 6.07) is 9.93. The summed E-state index contributed by atoms with van der Waals surface area (Å²) in [6.07, 6.45) is 0.661. The van der Waals surface area contributed by atoms with Gasteiger partial charge in [-0.3, -0.25) is 4.79 Å². The summed E-state index contributed by atoms with van der Waals surface area (Å²) in [4.78, 5) is 10.5. The Morgan fingerprint density at radius 1 is 1.15 bits per heavy atom. The number of rotatable bonds is 5. The van der Waals surface area contributed by atoms with Crippen molar-refractivity contribution in [2.24, 2.45) is 0 Å². The SMILES string of the molecule is Cc1cc(OCc2ccc(F)cc2)cc(C)c1NC=O. The zero-order valence-corrected chi connectivity index (χ0v) is 11.4. The molecule has 104 valence electrons. The van der Waals surface area contributed by atoms with Gasteiger partial charge in [0.2, 0.25) is 6.41 Å². The minimum Gasteiger partial charge on any atom is -0.489 e. The molecule has 2 rings (SSSR count). The van der Waals surface area contributed by atoms with E-state index in [1.165, 1.54) is 12.1 Å². The first-order valence-corrected chi connectivity index (χ1v) is 6.29. The molecule has 4 heteroatoms. The van der Waals surface area contributed by atoms with Crippen LogP contribution in [0.3, 0.4) is 0 Å². The maximum Gasteiger partial charge on any atom is 0.211 e. The number of hydrogen-bond acceptors (Lipinski definition) is 2. The number of ether oxygens (including phenoxy) is 1. The molecule has 2 aromatic rings. The molecule has 1 amide bonds. The lowest BCUT2D eigenvalue weighted by atomic mass is 10.1. The molecule has 20 heavy (non-hydrogen) atoms. The standard InChI is InChI=1S/C16H16FNO2/c1-11-7-15(8-12(2)16(11)18-10-19)20-9-13-3-5-14(17)6-4-13/h3-8,10H,9H2,1-2H3,(H,18,19). The summed E-state index contributed by atoms with van der Waals surface area (Å²) in [7, 11) is 0. The predicted molar refractivity (Wildman–Crippen MR) is 76.3 cm³/mol. The zero-order valence-electron chi connectivity index (χ0n) is 11.4. The van der Waals surface area contributed by atoms with Crippen LogP contribution in [0.2, 0.25) is 0 Å². The van der Waals surface area contributed by atoms with E-state index in [4.69, 9.17) is 4.74 Å². The summed E-state index contributed by atoms with van der Waals surface area (Å²) >= 11 is 0. The molecule has 0 spiro atoms. The third kappa shape index (κ3) is 3.35. The first-order chi connectivity index (χ1) is 9.60. The summed E-state index contributed by atoms with van der Waals surface area (Å²) in [5.41, 5.74) is 3.57. The van der Waals surface area contributed by atoms with Crippen molar-refractivity contribution < 1.29 is 13.9 Å². The number of hydrogen-bond donors (Lipinski definition) is 1. The molecule has 2 aromatic carbocycles. The van der Waals surface area contributed by atoms with E-state index >= 15 is 0 Å². The fourth-order valence-electron chi connectivity index (χ4n) is 2.04. The van der Waals surface area contributed by atoms with Crippen molar-refractivity contribution in [3.8, 4) is 5.75 Å². The van der Waals surface area contributed by atoms with Gasteiger partial charge in [-0.1, -0.05) is 12.1 Å². The van der Waals surface area contributed by atoms with E-state index in [-0.39, 0.29) is 5.82 Å². The number of carbonyl (C=O) groups is 1. The molecule has 0 aliphatic rings. The maximum atomic E-state index is 12.8. The molecular formula is C16H16FNO2. The van der Waals surface area contributed by atoms with E-state index in [1.807, 2.05) is 26.0 Å². The molecule has 0 aromatic heterocycles. The van der Waals surface area contributed by atoms with Crippen LogP contribution in [0.1, 0.15) is 16.7 Å². The van der Waals surface area contributed by atoms with Crippen LogP contribution in [0.4, 0.5) is 10.1 Å². The van der Waals surface area contributed by atoms with Gasteiger partial charge in [-0.05, 0) is 54.8 Å². The topological polar surface area (TPSA) is 38.3 Å². The molecule has 0 unspecified atom stereocenters. The lowest BCUT2D eigenvalue weighted by Gasteiger charge is -2.12. The quantitative estimate of drug-likeness (QED) is 0.845. The van der Waals surface area contributed by atoms with Gasteiger partial charge < -0.3 is 10.1 Å². The fourth-order valence-corrected chi connectivity index (χ4v) is 2.04. The molecule has 1 N–H and O–H groups in total. The van der Waals surface area contributed by atoms with Gasteiger partial charge in [0.05, 0.1) is 0 Å². The van der Waals surface area contributed by atoms with Crippen LogP contribution < -0.4 is 10.1 Å². The number of nitrogens with one attached hydrogen (secondary N) is 1. The van der Waals surface area contributed by atoms with Gasteiger partial charge in [0, 0.05) is 5.69 Å². The molecule has 0 radical (unpaired) electrons. The Morgan fingerprint density at radius 3 is 2.30 bits per heavy atom. The van der Waals surface area contributed by atoms with E-state index in [0.717, 1.165) is 28.1 Å². The Morgan fingerprint density at radius 2 is 1.75 bits per heavy atom. The van der Waals surface area contributed by atoms with Crippen molar-refractivity contribution in [3.63, 3.8) is 0 Å². The molecule has 0 atom stereocenters. The molecule has 0 saturated carbocycles. The Bertz CT molecular complexity index is 585. The first-order valence-electron chi connectivity index (χ1n) is 6.29. The number of carbonyl (C=O) groups excluding carboxylic acids is 1. The van der Waals surface area contributed by atoms with E-state index in [1.54, 1.807) is 12.1 Å². The summed E-state index contributed by atoms with van der Waals surface area (Å²) in [5, 5.41) is 2.67. The van der Waals surface area contributed by atoms with Crippen molar-refractivity contribution in [1.82, 2.24) is 0 Å². The number of benzene rings is 2. The minimum atomic E-state index is -0.260. The van der Waals surface area contributed by atoms with Gasteiger partial charge >= 0.3 is 0 Å². The van der Waals surface area contributed by atoms with E-state index in [9.17, 15) is 9.18 Å². The fraction of sp³-hybridized carbons (Fsp3) is 0.188. The second-order valence-corrected chi connectivity index (χ2v) is 4.61. The second kappa shape index (κ2) is 6.19. The van der Waals surface area contributed by atoms with Crippen molar-refractivity contribution in [1.29, 1.82) is 0 Å². The molecule has 0 saturated heterocycles. The Balaban J connectivity index is 2.10. The van der Waals surface area contributed by atoms with Gasteiger partial charge in [-0.25, -0.2) is 4.39 Å². The average molecular weight is 273 g/mol. The highest BCUT2D eigenvalue weighted by atomic mass is 19.1. The lowest BCUT2D eigenvalue weighted by Crippen LogP contribution is -2.01. The van der Waals surface area contributed by atoms with E-state index in [2.05, 4.69) is 5.32 Å². The van der Waals surface area contributed by atoms with Gasteiger partial charge in [0.25, 0.3) is 0 Å². The highest BCUT2D eigenvalue weighted by molar-refractivity contribution is 5.76. The van der Waals surface area contributed by atoms with Crippen LogP contribution >= 0.6 is 0 Å². The third-order valence-electron chi connectivity index (χ3n) is 3.03. The van der Waals surface area contributed by atoms with Crippen LogP contribution in [-0.4, -0.2) is 6.41 Å².